The van der Waals surface area contributed by atoms with Crippen molar-refractivity contribution in [2.24, 2.45) is 17.8 Å². The van der Waals surface area contributed by atoms with E-state index in [1.165, 1.54) is 0 Å². The number of carbonyl (C=O) groups excluding carboxylic acids is 2. The van der Waals surface area contributed by atoms with Crippen LogP contribution in [0.25, 0.3) is 0 Å². The predicted octanol–water partition coefficient (Wildman–Crippen LogP) is 6.22. The van der Waals surface area contributed by atoms with Gasteiger partial charge in [0.2, 0.25) is 0 Å². The zero-order chi connectivity index (χ0) is 21.7. The second-order valence-corrected chi connectivity index (χ2v) is 9.09. The average Bonchev–Trinajstić information content (AvgIpc) is 2.76. The summed E-state index contributed by atoms with van der Waals surface area (Å²) in [5, 5.41) is 0. The minimum absolute atomic E-state index is 0.139. The molecule has 0 N–H and O–H groups in total. The van der Waals surface area contributed by atoms with Gasteiger partial charge in [-0.25, -0.2) is 0 Å². The number of esters is 1. The van der Waals surface area contributed by atoms with E-state index in [0.29, 0.717) is 35.3 Å². The number of hydrogen-bond donors (Lipinski definition) is 0. The van der Waals surface area contributed by atoms with Crippen LogP contribution in [0.15, 0.2) is 60.7 Å². The van der Waals surface area contributed by atoms with Gasteiger partial charge < -0.3 is 4.74 Å². The molecule has 3 heteroatoms. The van der Waals surface area contributed by atoms with Crippen LogP contribution in [-0.2, 0) is 14.9 Å². The van der Waals surface area contributed by atoms with Crippen molar-refractivity contribution in [2.75, 3.05) is 0 Å². The Hall–Kier alpha value is -2.42. The quantitative estimate of drug-likeness (QED) is 0.311. The lowest BCUT2D eigenvalue weighted by Crippen LogP contribution is -2.48. The summed E-state index contributed by atoms with van der Waals surface area (Å²) in [5.41, 5.74) is -0.0842. The highest BCUT2D eigenvalue weighted by atomic mass is 16.5. The molecule has 2 aromatic carbocycles. The summed E-state index contributed by atoms with van der Waals surface area (Å²) in [6, 6.07) is 18.5. The first kappa shape index (κ1) is 22.3. The topological polar surface area (TPSA) is 43.4 Å². The van der Waals surface area contributed by atoms with Crippen molar-refractivity contribution in [1.82, 2.24) is 0 Å². The van der Waals surface area contributed by atoms with Gasteiger partial charge in [-0.1, -0.05) is 94.8 Å². The summed E-state index contributed by atoms with van der Waals surface area (Å²) < 4.78 is 6.23. The number of carbonyl (C=O) groups is 2. The number of Topliss-reactive ketones (excluding diaryl/α,β-unsaturated/α-hetero) is 1. The van der Waals surface area contributed by atoms with E-state index in [2.05, 4.69) is 20.8 Å². The van der Waals surface area contributed by atoms with Crippen molar-refractivity contribution in [3.63, 3.8) is 0 Å². The van der Waals surface area contributed by atoms with Crippen molar-refractivity contribution >= 4 is 11.8 Å². The molecule has 3 nitrogen and oxygen atoms in total. The lowest BCUT2D eigenvalue weighted by molar-refractivity contribution is -0.161. The van der Waals surface area contributed by atoms with Gasteiger partial charge in [0.05, 0.1) is 0 Å². The molecule has 4 unspecified atom stereocenters. The fraction of sp³-hybridized carbons (Fsp3) is 0.481. The molecule has 1 aliphatic carbocycles. The van der Waals surface area contributed by atoms with Gasteiger partial charge in [0.15, 0.2) is 11.2 Å². The van der Waals surface area contributed by atoms with Crippen LogP contribution >= 0.6 is 0 Å². The molecule has 0 heterocycles. The Morgan fingerprint density at radius 2 is 1.60 bits per heavy atom. The molecule has 4 atom stereocenters. The van der Waals surface area contributed by atoms with Gasteiger partial charge in [0.1, 0.15) is 6.10 Å². The summed E-state index contributed by atoms with van der Waals surface area (Å²) in [4.78, 5) is 27.6. The molecule has 1 fully saturated rings. The Bertz CT molecular complexity index is 843. The normalized spacial score (nSPS) is 23.6. The molecule has 0 amide bonds. The Morgan fingerprint density at radius 3 is 2.17 bits per heavy atom. The smallest absolute Gasteiger partial charge is 0.324 e. The summed E-state index contributed by atoms with van der Waals surface area (Å²) in [5.74, 6) is 0.701. The maximum atomic E-state index is 13.8. The standard InChI is InChI=1S/C27H34O3/c1-5-27(22-14-10-7-11-15-22,25(28)21-12-8-6-9-13-21)26(29)30-24-18-20(4)16-17-23(24)19(2)3/h6-15,19-20,23-24H,5,16-18H2,1-4H3. The summed E-state index contributed by atoms with van der Waals surface area (Å²) in [7, 11) is 0. The van der Waals surface area contributed by atoms with E-state index in [-0.39, 0.29) is 11.9 Å². The zero-order valence-corrected chi connectivity index (χ0v) is 18.6. The van der Waals surface area contributed by atoms with Crippen molar-refractivity contribution < 1.29 is 14.3 Å². The number of rotatable bonds is 7. The molecule has 3 rings (SSSR count). The van der Waals surface area contributed by atoms with Crippen molar-refractivity contribution in [3.05, 3.63) is 71.8 Å². The molecule has 1 aliphatic rings. The molecular formula is C27H34O3. The van der Waals surface area contributed by atoms with Gasteiger partial charge in [-0.05, 0) is 42.6 Å². The summed E-state index contributed by atoms with van der Waals surface area (Å²) in [6.07, 6.45) is 3.31. The fourth-order valence-corrected chi connectivity index (χ4v) is 4.90. The van der Waals surface area contributed by atoms with Crippen LogP contribution in [-0.4, -0.2) is 17.9 Å². The van der Waals surface area contributed by atoms with Gasteiger partial charge in [-0.2, -0.15) is 0 Å². The van der Waals surface area contributed by atoms with Crippen LogP contribution in [0, 0.1) is 17.8 Å². The van der Waals surface area contributed by atoms with E-state index in [4.69, 9.17) is 4.74 Å². The van der Waals surface area contributed by atoms with E-state index < -0.39 is 11.4 Å². The highest BCUT2D eigenvalue weighted by Gasteiger charge is 2.49. The first-order chi connectivity index (χ1) is 14.4. The van der Waals surface area contributed by atoms with Gasteiger partial charge in [-0.3, -0.25) is 9.59 Å². The minimum Gasteiger partial charge on any atom is -0.461 e. The lowest BCUT2D eigenvalue weighted by Gasteiger charge is -2.39. The number of hydrogen-bond acceptors (Lipinski definition) is 3. The van der Waals surface area contributed by atoms with E-state index in [9.17, 15) is 9.59 Å². The molecular weight excluding hydrogens is 372 g/mol. The maximum Gasteiger partial charge on any atom is 0.324 e. The van der Waals surface area contributed by atoms with Crippen LogP contribution in [0.2, 0.25) is 0 Å². The molecule has 0 aromatic heterocycles. The van der Waals surface area contributed by atoms with Crippen LogP contribution in [0.3, 0.4) is 0 Å². The van der Waals surface area contributed by atoms with Gasteiger partial charge >= 0.3 is 5.97 Å². The predicted molar refractivity (Wildman–Crippen MR) is 120 cm³/mol. The number of benzene rings is 2. The maximum absolute atomic E-state index is 13.8. The minimum atomic E-state index is -1.33. The third-order valence-corrected chi connectivity index (χ3v) is 6.79. The molecule has 0 radical (unpaired) electrons. The van der Waals surface area contributed by atoms with Crippen LogP contribution < -0.4 is 0 Å². The van der Waals surface area contributed by atoms with Crippen molar-refractivity contribution in [1.29, 1.82) is 0 Å². The van der Waals surface area contributed by atoms with Crippen LogP contribution in [0.1, 0.15) is 69.3 Å². The van der Waals surface area contributed by atoms with E-state index >= 15 is 0 Å². The number of ketones is 1. The molecule has 0 saturated heterocycles. The first-order valence-corrected chi connectivity index (χ1v) is 11.3. The fourth-order valence-electron chi connectivity index (χ4n) is 4.90. The van der Waals surface area contributed by atoms with E-state index in [1.54, 1.807) is 12.1 Å². The van der Waals surface area contributed by atoms with Gasteiger partial charge in [-0.15, -0.1) is 0 Å². The average molecular weight is 407 g/mol. The molecule has 0 aliphatic heterocycles. The third kappa shape index (κ3) is 4.35. The molecule has 0 bridgehead atoms. The van der Waals surface area contributed by atoms with E-state index in [1.807, 2.05) is 55.5 Å². The van der Waals surface area contributed by atoms with Crippen LogP contribution in [0.4, 0.5) is 0 Å². The SMILES string of the molecule is CCC(C(=O)OC1CC(C)CCC1C(C)C)(C(=O)c1ccccc1)c1ccccc1. The Balaban J connectivity index is 2.01. The molecule has 2 aromatic rings. The molecule has 160 valence electrons. The summed E-state index contributed by atoms with van der Waals surface area (Å²) >= 11 is 0. The lowest BCUT2D eigenvalue weighted by atomic mass is 9.71. The molecule has 30 heavy (non-hydrogen) atoms. The van der Waals surface area contributed by atoms with Crippen molar-refractivity contribution in [2.45, 2.75) is 64.9 Å². The Kier molecular flexibility index (Phi) is 7.12. The number of ether oxygens (including phenoxy) is 1. The summed E-state index contributed by atoms with van der Waals surface area (Å²) in [6.45, 7) is 8.51. The third-order valence-electron chi connectivity index (χ3n) is 6.79. The zero-order valence-electron chi connectivity index (χ0n) is 18.6. The largest absolute Gasteiger partial charge is 0.461 e. The second kappa shape index (κ2) is 9.59. The Morgan fingerprint density at radius 1 is 1.00 bits per heavy atom. The van der Waals surface area contributed by atoms with Crippen LogP contribution in [0.5, 0.6) is 0 Å². The van der Waals surface area contributed by atoms with Crippen molar-refractivity contribution in [3.8, 4) is 0 Å². The van der Waals surface area contributed by atoms with E-state index in [0.717, 1.165) is 19.3 Å². The van der Waals surface area contributed by atoms with Gasteiger partial charge in [0.25, 0.3) is 0 Å². The van der Waals surface area contributed by atoms with Gasteiger partial charge in [0, 0.05) is 5.56 Å². The highest BCUT2D eigenvalue weighted by molar-refractivity contribution is 6.17. The molecule has 1 saturated carbocycles. The Labute approximate surface area is 180 Å². The first-order valence-electron chi connectivity index (χ1n) is 11.3. The second-order valence-electron chi connectivity index (χ2n) is 9.09. The molecule has 0 spiro atoms. The highest BCUT2D eigenvalue weighted by Crippen LogP contribution is 2.39. The monoisotopic (exact) mass is 406 g/mol.